The standard InChI is InChI=1S/C8H12N6S2/c1-6-4-15-7(10-6)5-16-8-11-12-13-14(8)3-2-9/h4H,2-3,5,9H2,1H3. The van der Waals surface area contributed by atoms with Crippen LogP contribution in [-0.2, 0) is 12.3 Å². The maximum Gasteiger partial charge on any atom is 0.209 e. The Morgan fingerprint density at radius 1 is 1.56 bits per heavy atom. The summed E-state index contributed by atoms with van der Waals surface area (Å²) >= 11 is 3.24. The first-order chi connectivity index (χ1) is 7.79. The maximum absolute atomic E-state index is 5.46. The van der Waals surface area contributed by atoms with E-state index in [0.717, 1.165) is 21.6 Å². The summed E-state index contributed by atoms with van der Waals surface area (Å²) in [6.07, 6.45) is 0. The van der Waals surface area contributed by atoms with Gasteiger partial charge >= 0.3 is 0 Å². The number of nitrogens with two attached hydrogens (primary N) is 1. The van der Waals surface area contributed by atoms with E-state index in [1.165, 1.54) is 0 Å². The zero-order valence-electron chi connectivity index (χ0n) is 8.83. The summed E-state index contributed by atoms with van der Waals surface area (Å²) in [5.74, 6) is 0.795. The smallest absolute Gasteiger partial charge is 0.209 e. The number of nitrogens with zero attached hydrogens (tertiary/aromatic N) is 5. The van der Waals surface area contributed by atoms with Crippen molar-refractivity contribution < 1.29 is 0 Å². The third kappa shape index (κ3) is 2.77. The monoisotopic (exact) mass is 256 g/mol. The molecule has 0 radical (unpaired) electrons. The number of hydrogen-bond acceptors (Lipinski definition) is 7. The van der Waals surface area contributed by atoms with Gasteiger partial charge in [0.2, 0.25) is 5.16 Å². The Kier molecular flexibility index (Phi) is 3.86. The third-order valence-corrected chi connectivity index (χ3v) is 3.95. The van der Waals surface area contributed by atoms with Crippen LogP contribution in [0, 0.1) is 6.92 Å². The van der Waals surface area contributed by atoms with Crippen LogP contribution in [0.4, 0.5) is 0 Å². The molecule has 0 aromatic carbocycles. The van der Waals surface area contributed by atoms with E-state index >= 15 is 0 Å². The minimum absolute atomic E-state index is 0.537. The molecule has 6 nitrogen and oxygen atoms in total. The van der Waals surface area contributed by atoms with Crippen LogP contribution in [0.25, 0.3) is 0 Å². The van der Waals surface area contributed by atoms with Crippen molar-refractivity contribution in [1.82, 2.24) is 25.2 Å². The number of rotatable bonds is 5. The molecule has 16 heavy (non-hydrogen) atoms. The minimum Gasteiger partial charge on any atom is -0.329 e. The average Bonchev–Trinajstić information content (AvgIpc) is 2.85. The maximum atomic E-state index is 5.46. The van der Waals surface area contributed by atoms with Crippen molar-refractivity contribution >= 4 is 23.1 Å². The van der Waals surface area contributed by atoms with Crippen LogP contribution in [0.3, 0.4) is 0 Å². The van der Waals surface area contributed by atoms with Gasteiger partial charge in [-0.3, -0.25) is 0 Å². The third-order valence-electron chi connectivity index (χ3n) is 1.83. The van der Waals surface area contributed by atoms with E-state index in [0.29, 0.717) is 13.1 Å². The van der Waals surface area contributed by atoms with E-state index in [2.05, 4.69) is 20.5 Å². The van der Waals surface area contributed by atoms with Crippen molar-refractivity contribution in [1.29, 1.82) is 0 Å². The van der Waals surface area contributed by atoms with E-state index in [1.54, 1.807) is 27.8 Å². The molecule has 0 unspecified atom stereocenters. The average molecular weight is 256 g/mol. The van der Waals surface area contributed by atoms with E-state index in [-0.39, 0.29) is 0 Å². The van der Waals surface area contributed by atoms with Gasteiger partial charge in [-0.2, -0.15) is 0 Å². The molecule has 2 N–H and O–H groups in total. The predicted molar refractivity (Wildman–Crippen MR) is 63.3 cm³/mol. The molecule has 0 fully saturated rings. The zero-order chi connectivity index (χ0) is 11.4. The van der Waals surface area contributed by atoms with Gasteiger partial charge in [-0.1, -0.05) is 11.8 Å². The van der Waals surface area contributed by atoms with Gasteiger partial charge in [-0.15, -0.1) is 16.4 Å². The topological polar surface area (TPSA) is 82.5 Å². The van der Waals surface area contributed by atoms with Gasteiger partial charge in [0.1, 0.15) is 5.01 Å². The molecule has 8 heteroatoms. The lowest BCUT2D eigenvalue weighted by atomic mass is 10.6. The lowest BCUT2D eigenvalue weighted by Gasteiger charge is -2.00. The van der Waals surface area contributed by atoms with Gasteiger partial charge in [0.15, 0.2) is 0 Å². The number of aromatic nitrogens is 5. The molecule has 0 amide bonds. The van der Waals surface area contributed by atoms with Gasteiger partial charge in [0, 0.05) is 17.6 Å². The fourth-order valence-corrected chi connectivity index (χ4v) is 2.85. The summed E-state index contributed by atoms with van der Waals surface area (Å²) in [5.41, 5.74) is 6.52. The Bertz CT molecular complexity index is 451. The molecule has 2 aromatic heterocycles. The quantitative estimate of drug-likeness (QED) is 0.792. The predicted octanol–water partition coefficient (Wildman–Crippen LogP) is 0.689. The highest BCUT2D eigenvalue weighted by Crippen LogP contribution is 2.21. The van der Waals surface area contributed by atoms with Crippen molar-refractivity contribution in [3.8, 4) is 0 Å². The number of hydrogen-bond donors (Lipinski definition) is 1. The second-order valence-electron chi connectivity index (χ2n) is 3.14. The first-order valence-electron chi connectivity index (χ1n) is 4.79. The van der Waals surface area contributed by atoms with E-state index in [1.807, 2.05) is 12.3 Å². The summed E-state index contributed by atoms with van der Waals surface area (Å²) in [5, 5.41) is 15.4. The Hall–Kier alpha value is -0.990. The lowest BCUT2D eigenvalue weighted by molar-refractivity contribution is 0.557. The fourth-order valence-electron chi connectivity index (χ4n) is 1.16. The van der Waals surface area contributed by atoms with E-state index < -0.39 is 0 Å². The molecule has 2 rings (SSSR count). The van der Waals surface area contributed by atoms with Crippen LogP contribution in [0.1, 0.15) is 10.7 Å². The molecule has 0 aliphatic carbocycles. The molecule has 0 bridgehead atoms. The number of thioether (sulfide) groups is 1. The molecule has 0 aliphatic heterocycles. The Labute approximate surface area is 101 Å². The largest absolute Gasteiger partial charge is 0.329 e. The number of tetrazole rings is 1. The van der Waals surface area contributed by atoms with E-state index in [4.69, 9.17) is 5.73 Å². The molecular weight excluding hydrogens is 244 g/mol. The molecule has 0 saturated carbocycles. The van der Waals surface area contributed by atoms with Crippen molar-refractivity contribution in [2.75, 3.05) is 6.54 Å². The second kappa shape index (κ2) is 5.37. The highest BCUT2D eigenvalue weighted by Gasteiger charge is 2.07. The van der Waals surface area contributed by atoms with Crippen LogP contribution in [0.15, 0.2) is 10.5 Å². The second-order valence-corrected chi connectivity index (χ2v) is 5.03. The van der Waals surface area contributed by atoms with Gasteiger partial charge in [0.25, 0.3) is 0 Å². The summed E-state index contributed by atoms with van der Waals surface area (Å²) in [4.78, 5) is 4.38. The Morgan fingerprint density at radius 2 is 2.44 bits per heavy atom. The molecule has 0 atom stereocenters. The van der Waals surface area contributed by atoms with Crippen LogP contribution in [-0.4, -0.2) is 31.7 Å². The molecule has 0 saturated heterocycles. The van der Waals surface area contributed by atoms with Crippen LogP contribution in [0.5, 0.6) is 0 Å². The first-order valence-corrected chi connectivity index (χ1v) is 6.66. The van der Waals surface area contributed by atoms with Crippen molar-refractivity contribution in [2.45, 2.75) is 24.4 Å². The highest BCUT2D eigenvalue weighted by molar-refractivity contribution is 7.98. The number of aryl methyl sites for hydroxylation is 1. The Balaban J connectivity index is 1.96. The van der Waals surface area contributed by atoms with Crippen molar-refractivity contribution in [2.24, 2.45) is 5.73 Å². The van der Waals surface area contributed by atoms with Crippen molar-refractivity contribution in [3.63, 3.8) is 0 Å². The molecule has 2 heterocycles. The lowest BCUT2D eigenvalue weighted by Crippen LogP contribution is -2.12. The van der Waals surface area contributed by atoms with Gasteiger partial charge in [-0.25, -0.2) is 9.67 Å². The van der Waals surface area contributed by atoms with Crippen LogP contribution in [0.2, 0.25) is 0 Å². The SMILES string of the molecule is Cc1csc(CSc2nnnn2CCN)n1. The highest BCUT2D eigenvalue weighted by atomic mass is 32.2. The molecular formula is C8H12N6S2. The summed E-state index contributed by atoms with van der Waals surface area (Å²) in [6, 6.07) is 0. The zero-order valence-corrected chi connectivity index (χ0v) is 10.5. The van der Waals surface area contributed by atoms with Gasteiger partial charge < -0.3 is 5.73 Å². The molecule has 0 spiro atoms. The van der Waals surface area contributed by atoms with Gasteiger partial charge in [0.05, 0.1) is 12.3 Å². The Morgan fingerprint density at radius 3 is 3.12 bits per heavy atom. The normalized spacial score (nSPS) is 10.9. The fraction of sp³-hybridized carbons (Fsp3) is 0.500. The van der Waals surface area contributed by atoms with Crippen molar-refractivity contribution in [3.05, 3.63) is 16.1 Å². The summed E-state index contributed by atoms with van der Waals surface area (Å²) in [6.45, 7) is 3.17. The first kappa shape index (κ1) is 11.5. The summed E-state index contributed by atoms with van der Waals surface area (Å²) in [7, 11) is 0. The van der Waals surface area contributed by atoms with E-state index in [9.17, 15) is 0 Å². The molecule has 0 aliphatic rings. The van der Waals surface area contributed by atoms with Crippen LogP contribution >= 0.6 is 23.1 Å². The minimum atomic E-state index is 0.537. The number of thiazole rings is 1. The molecule has 2 aromatic rings. The van der Waals surface area contributed by atoms with Gasteiger partial charge in [-0.05, 0) is 17.4 Å². The molecule has 86 valence electrons. The van der Waals surface area contributed by atoms with Crippen LogP contribution < -0.4 is 5.73 Å². The summed E-state index contributed by atoms with van der Waals surface area (Å²) < 4.78 is 1.71.